The smallest absolute Gasteiger partial charge is 0.253 e. The van der Waals surface area contributed by atoms with Crippen molar-refractivity contribution in [1.82, 2.24) is 4.90 Å². The normalized spacial score (nSPS) is 10.2. The third kappa shape index (κ3) is 3.99. The average molecular weight is 315 g/mol. The monoisotopic (exact) mass is 314 g/mol. The van der Waals surface area contributed by atoms with E-state index in [0.717, 1.165) is 23.1 Å². The zero-order valence-electron chi connectivity index (χ0n) is 10.8. The summed E-state index contributed by atoms with van der Waals surface area (Å²) in [6.07, 6.45) is 0.933. The zero-order chi connectivity index (χ0) is 13.5. The van der Waals surface area contributed by atoms with Crippen LogP contribution in [0.2, 0.25) is 0 Å². The topological polar surface area (TPSA) is 55.6 Å². The fraction of sp³-hybridized carbons (Fsp3) is 0.462. The maximum Gasteiger partial charge on any atom is 0.253 e. The zero-order valence-corrected chi connectivity index (χ0v) is 12.4. The van der Waals surface area contributed by atoms with Gasteiger partial charge in [0.05, 0.1) is 6.61 Å². The van der Waals surface area contributed by atoms with Gasteiger partial charge in [0.2, 0.25) is 0 Å². The first-order valence-electron chi connectivity index (χ1n) is 5.83. The van der Waals surface area contributed by atoms with Gasteiger partial charge in [0.1, 0.15) is 5.75 Å². The molecule has 18 heavy (non-hydrogen) atoms. The molecule has 0 unspecified atom stereocenters. The van der Waals surface area contributed by atoms with Crippen molar-refractivity contribution in [3.63, 3.8) is 0 Å². The summed E-state index contributed by atoms with van der Waals surface area (Å²) in [5.74, 6) is 0.727. The number of carbonyl (C=O) groups excluding carboxylic acids is 1. The molecule has 0 aliphatic carbocycles. The van der Waals surface area contributed by atoms with Crippen molar-refractivity contribution in [2.75, 3.05) is 26.0 Å². The molecule has 0 saturated carbocycles. The summed E-state index contributed by atoms with van der Waals surface area (Å²) in [7, 11) is 3.45. The van der Waals surface area contributed by atoms with Crippen molar-refractivity contribution in [2.45, 2.75) is 13.0 Å². The maximum atomic E-state index is 11.8. The van der Waals surface area contributed by atoms with Gasteiger partial charge >= 0.3 is 0 Å². The fourth-order valence-electron chi connectivity index (χ4n) is 1.51. The van der Waals surface area contributed by atoms with E-state index >= 15 is 0 Å². The number of ether oxygens (including phenoxy) is 1. The van der Waals surface area contributed by atoms with Gasteiger partial charge in [0.15, 0.2) is 0 Å². The number of hydrogen-bond donors (Lipinski definition) is 1. The number of hydrogen-bond acceptors (Lipinski definition) is 3. The summed E-state index contributed by atoms with van der Waals surface area (Å²) in [6, 6.07) is 5.38. The summed E-state index contributed by atoms with van der Waals surface area (Å²) < 4.78 is 5.63. The molecule has 0 bridgehead atoms. The third-order valence-corrected chi connectivity index (χ3v) is 3.03. The van der Waals surface area contributed by atoms with Gasteiger partial charge in [-0.3, -0.25) is 4.79 Å². The lowest BCUT2D eigenvalue weighted by Crippen LogP contribution is -2.22. The fourth-order valence-corrected chi connectivity index (χ4v) is 1.74. The predicted molar refractivity (Wildman–Crippen MR) is 76.3 cm³/mol. The van der Waals surface area contributed by atoms with Gasteiger partial charge in [-0.05, 0) is 24.6 Å². The van der Waals surface area contributed by atoms with E-state index in [-0.39, 0.29) is 5.91 Å². The van der Waals surface area contributed by atoms with Crippen molar-refractivity contribution in [2.24, 2.45) is 5.73 Å². The Morgan fingerprint density at radius 2 is 2.17 bits per heavy atom. The lowest BCUT2D eigenvalue weighted by Gasteiger charge is -2.14. The van der Waals surface area contributed by atoms with Crippen LogP contribution in [-0.2, 0) is 6.54 Å². The van der Waals surface area contributed by atoms with Gasteiger partial charge in [-0.2, -0.15) is 0 Å². The van der Waals surface area contributed by atoms with Crippen LogP contribution in [0, 0.1) is 0 Å². The Hall–Kier alpha value is -1.07. The lowest BCUT2D eigenvalue weighted by molar-refractivity contribution is 0.0827. The van der Waals surface area contributed by atoms with Crippen LogP contribution in [0.25, 0.3) is 0 Å². The van der Waals surface area contributed by atoms with Crippen molar-refractivity contribution in [1.29, 1.82) is 0 Å². The van der Waals surface area contributed by atoms with Crippen molar-refractivity contribution < 1.29 is 9.53 Å². The average Bonchev–Trinajstić information content (AvgIpc) is 2.38. The van der Waals surface area contributed by atoms with Gasteiger partial charge < -0.3 is 15.4 Å². The number of nitrogens with two attached hydrogens (primary N) is 1. The van der Waals surface area contributed by atoms with E-state index in [2.05, 4.69) is 15.9 Å². The highest BCUT2D eigenvalue weighted by atomic mass is 79.9. The maximum absolute atomic E-state index is 11.8. The van der Waals surface area contributed by atoms with Crippen molar-refractivity contribution >= 4 is 21.8 Å². The van der Waals surface area contributed by atoms with Crippen LogP contribution < -0.4 is 10.5 Å². The van der Waals surface area contributed by atoms with Crippen molar-refractivity contribution in [3.05, 3.63) is 29.3 Å². The first kappa shape index (κ1) is 15.0. The van der Waals surface area contributed by atoms with E-state index in [1.807, 2.05) is 6.07 Å². The highest BCUT2D eigenvalue weighted by molar-refractivity contribution is 9.09. The second-order valence-corrected chi connectivity index (χ2v) is 4.91. The molecule has 0 saturated heterocycles. The lowest BCUT2D eigenvalue weighted by atomic mass is 10.1. The second-order valence-electron chi connectivity index (χ2n) is 4.12. The molecule has 100 valence electrons. The van der Waals surface area contributed by atoms with E-state index in [1.165, 1.54) is 0 Å². The third-order valence-electron chi connectivity index (χ3n) is 2.47. The summed E-state index contributed by atoms with van der Waals surface area (Å²) in [4.78, 5) is 13.4. The number of benzene rings is 1. The number of halogens is 1. The Bertz CT molecular complexity index is 408. The molecule has 0 fully saturated rings. The minimum atomic E-state index is -0.0308. The molecule has 0 atom stereocenters. The molecule has 1 amide bonds. The summed E-state index contributed by atoms with van der Waals surface area (Å²) in [5.41, 5.74) is 7.18. The molecule has 0 spiro atoms. The van der Waals surface area contributed by atoms with Crippen LogP contribution in [0.4, 0.5) is 0 Å². The minimum absolute atomic E-state index is 0.0308. The molecule has 0 radical (unpaired) electrons. The van der Waals surface area contributed by atoms with Gasteiger partial charge in [-0.15, -0.1) is 0 Å². The number of rotatable bonds is 6. The molecular formula is C13H19BrN2O2. The van der Waals surface area contributed by atoms with E-state index in [4.69, 9.17) is 10.5 Å². The number of alkyl halides is 1. The molecule has 4 nitrogen and oxygen atoms in total. The van der Waals surface area contributed by atoms with Gasteiger partial charge in [0, 0.05) is 37.1 Å². The quantitative estimate of drug-likeness (QED) is 0.645. The van der Waals surface area contributed by atoms with Crippen LogP contribution in [0.5, 0.6) is 5.75 Å². The molecular weight excluding hydrogens is 296 g/mol. The molecule has 1 rings (SSSR count). The molecule has 1 aromatic carbocycles. The van der Waals surface area contributed by atoms with Gasteiger partial charge in [-0.1, -0.05) is 15.9 Å². The number of amides is 1. The molecule has 2 N–H and O–H groups in total. The molecule has 5 heteroatoms. The van der Waals surface area contributed by atoms with Crippen LogP contribution in [0.3, 0.4) is 0 Å². The van der Waals surface area contributed by atoms with Crippen LogP contribution in [0.15, 0.2) is 18.2 Å². The standard InChI is InChI=1S/C13H19BrN2O2/c1-16(2)13(17)10-4-5-12(11(8-10)9-15)18-7-3-6-14/h4-5,8H,3,6-7,9,15H2,1-2H3. The van der Waals surface area contributed by atoms with E-state index in [0.29, 0.717) is 18.7 Å². The Labute approximate surface area is 116 Å². The highest BCUT2D eigenvalue weighted by Crippen LogP contribution is 2.20. The van der Waals surface area contributed by atoms with E-state index < -0.39 is 0 Å². The Morgan fingerprint density at radius 1 is 1.44 bits per heavy atom. The highest BCUT2D eigenvalue weighted by Gasteiger charge is 2.11. The molecule has 1 aromatic rings. The number of carbonyl (C=O) groups is 1. The molecule has 0 aliphatic heterocycles. The first-order chi connectivity index (χ1) is 8.60. The molecule has 0 aromatic heterocycles. The molecule has 0 aliphatic rings. The summed E-state index contributed by atoms with van der Waals surface area (Å²) in [5, 5.41) is 0.905. The van der Waals surface area contributed by atoms with Gasteiger partial charge in [-0.25, -0.2) is 0 Å². The Kier molecular flexibility index (Phi) is 6.15. The van der Waals surface area contributed by atoms with Gasteiger partial charge in [0.25, 0.3) is 5.91 Å². The Balaban J connectivity index is 2.86. The van der Waals surface area contributed by atoms with Crippen LogP contribution in [-0.4, -0.2) is 36.8 Å². The molecule has 0 heterocycles. The van der Waals surface area contributed by atoms with E-state index in [1.54, 1.807) is 31.1 Å². The summed E-state index contributed by atoms with van der Waals surface area (Å²) in [6.45, 7) is 0.997. The largest absolute Gasteiger partial charge is 0.493 e. The van der Waals surface area contributed by atoms with Crippen molar-refractivity contribution in [3.8, 4) is 5.75 Å². The predicted octanol–water partition coefficient (Wildman–Crippen LogP) is 2.01. The van der Waals surface area contributed by atoms with Crippen LogP contribution >= 0.6 is 15.9 Å². The minimum Gasteiger partial charge on any atom is -0.493 e. The van der Waals surface area contributed by atoms with E-state index in [9.17, 15) is 4.79 Å². The Morgan fingerprint density at radius 3 is 2.72 bits per heavy atom. The summed E-state index contributed by atoms with van der Waals surface area (Å²) >= 11 is 3.35. The number of nitrogens with zero attached hydrogens (tertiary/aromatic N) is 1. The second kappa shape index (κ2) is 7.38. The SMILES string of the molecule is CN(C)C(=O)c1ccc(OCCCBr)c(CN)c1. The van der Waals surface area contributed by atoms with Crippen LogP contribution in [0.1, 0.15) is 22.3 Å². The first-order valence-corrected chi connectivity index (χ1v) is 6.95.